The molecule has 0 spiro atoms. The van der Waals surface area contributed by atoms with Crippen LogP contribution in [0.4, 0.5) is 0 Å². The number of carbonyl (C=O) groups is 3. The van der Waals surface area contributed by atoms with Crippen molar-refractivity contribution < 1.29 is 19.1 Å². The van der Waals surface area contributed by atoms with Crippen molar-refractivity contribution >= 4 is 17.7 Å². The lowest BCUT2D eigenvalue weighted by Crippen LogP contribution is -2.52. The fraction of sp³-hybridized carbons (Fsp3) is 0.438. The first-order valence-electron chi connectivity index (χ1n) is 7.15. The summed E-state index contributed by atoms with van der Waals surface area (Å²) in [6.45, 7) is 9.09. The minimum atomic E-state index is -0.710. The Labute approximate surface area is 130 Å². The summed E-state index contributed by atoms with van der Waals surface area (Å²) in [5.41, 5.74) is 0.331. The molecule has 1 saturated heterocycles. The summed E-state index contributed by atoms with van der Waals surface area (Å²) in [5.74, 6) is -0.636. The van der Waals surface area contributed by atoms with E-state index in [1.54, 1.807) is 13.0 Å². The summed E-state index contributed by atoms with van der Waals surface area (Å²) in [4.78, 5) is 35.0. The van der Waals surface area contributed by atoms with Gasteiger partial charge >= 0.3 is 0 Å². The summed E-state index contributed by atoms with van der Waals surface area (Å²) in [6, 6.07) is -0.710. The van der Waals surface area contributed by atoms with E-state index in [1.807, 2.05) is 13.8 Å². The van der Waals surface area contributed by atoms with Crippen molar-refractivity contribution in [2.24, 2.45) is 0 Å². The molecule has 6 nitrogen and oxygen atoms in total. The van der Waals surface area contributed by atoms with Gasteiger partial charge in [-0.2, -0.15) is 0 Å². The molecule has 0 saturated carbocycles. The molecule has 0 aromatic rings. The molecule has 1 unspecified atom stereocenters. The van der Waals surface area contributed by atoms with Crippen molar-refractivity contribution in [2.75, 3.05) is 0 Å². The van der Waals surface area contributed by atoms with Crippen LogP contribution in [0.3, 0.4) is 0 Å². The van der Waals surface area contributed by atoms with Gasteiger partial charge in [0.1, 0.15) is 6.04 Å². The number of amides is 3. The Bertz CT molecular complexity index is 532. The van der Waals surface area contributed by atoms with Gasteiger partial charge in [-0.15, -0.1) is 0 Å². The number of ether oxygens (including phenoxy) is 1. The van der Waals surface area contributed by atoms with E-state index >= 15 is 0 Å². The molecule has 0 bridgehead atoms. The Morgan fingerprint density at radius 3 is 2.68 bits per heavy atom. The molecule has 0 aromatic heterocycles. The molecular formula is C16H22N2O4. The summed E-state index contributed by atoms with van der Waals surface area (Å²) in [7, 11) is 0. The van der Waals surface area contributed by atoms with E-state index in [-0.39, 0.29) is 18.4 Å². The van der Waals surface area contributed by atoms with Gasteiger partial charge in [0.15, 0.2) is 0 Å². The van der Waals surface area contributed by atoms with Gasteiger partial charge < -0.3 is 10.1 Å². The highest BCUT2D eigenvalue weighted by Gasteiger charge is 2.28. The van der Waals surface area contributed by atoms with Crippen molar-refractivity contribution in [1.82, 2.24) is 10.6 Å². The van der Waals surface area contributed by atoms with E-state index in [9.17, 15) is 14.4 Å². The monoisotopic (exact) mass is 306 g/mol. The third kappa shape index (κ3) is 5.55. The molecule has 1 aliphatic rings. The highest BCUT2D eigenvalue weighted by molar-refractivity contribution is 6.04. The van der Waals surface area contributed by atoms with Gasteiger partial charge in [-0.3, -0.25) is 19.7 Å². The predicted octanol–water partition coefficient (Wildman–Crippen LogP) is 1.35. The number of hydrogen-bond donors (Lipinski definition) is 2. The number of allylic oxidation sites excluding steroid dienone is 3. The molecule has 22 heavy (non-hydrogen) atoms. The highest BCUT2D eigenvalue weighted by atomic mass is 16.5. The largest absolute Gasteiger partial charge is 0.496 e. The fourth-order valence-electron chi connectivity index (χ4n) is 2.01. The number of carbonyl (C=O) groups excluding carboxylic acids is 3. The molecule has 0 aliphatic carbocycles. The Hall–Kier alpha value is -2.37. The van der Waals surface area contributed by atoms with Crippen molar-refractivity contribution in [3.8, 4) is 0 Å². The van der Waals surface area contributed by atoms with Crippen LogP contribution in [0.5, 0.6) is 0 Å². The number of imide groups is 1. The summed E-state index contributed by atoms with van der Waals surface area (Å²) in [6.07, 6.45) is 5.11. The Balaban J connectivity index is 2.78. The molecule has 3 amide bonds. The summed E-state index contributed by atoms with van der Waals surface area (Å²) >= 11 is 0. The van der Waals surface area contributed by atoms with Crippen LogP contribution in [0.2, 0.25) is 0 Å². The van der Waals surface area contributed by atoms with Crippen LogP contribution >= 0.6 is 0 Å². The van der Waals surface area contributed by atoms with E-state index in [0.717, 1.165) is 0 Å². The second-order valence-corrected chi connectivity index (χ2v) is 5.26. The van der Waals surface area contributed by atoms with Crippen molar-refractivity contribution in [2.45, 2.75) is 45.8 Å². The average Bonchev–Trinajstić information content (AvgIpc) is 2.40. The maximum atomic E-state index is 12.3. The molecule has 1 atom stereocenters. The van der Waals surface area contributed by atoms with Crippen LogP contribution in [-0.2, 0) is 19.1 Å². The molecular weight excluding hydrogens is 284 g/mol. The van der Waals surface area contributed by atoms with Crippen LogP contribution in [0, 0.1) is 0 Å². The predicted molar refractivity (Wildman–Crippen MR) is 82.6 cm³/mol. The minimum absolute atomic E-state index is 0.000531. The van der Waals surface area contributed by atoms with Gasteiger partial charge in [-0.05, 0) is 39.3 Å². The molecule has 1 heterocycles. The first-order chi connectivity index (χ1) is 10.3. The molecule has 0 radical (unpaired) electrons. The van der Waals surface area contributed by atoms with E-state index < -0.39 is 17.9 Å². The van der Waals surface area contributed by atoms with E-state index in [4.69, 9.17) is 4.74 Å². The number of rotatable bonds is 6. The van der Waals surface area contributed by atoms with Crippen LogP contribution in [0.15, 0.2) is 36.1 Å². The third-order valence-electron chi connectivity index (χ3n) is 2.88. The number of piperidine rings is 1. The molecule has 0 aromatic carbocycles. The van der Waals surface area contributed by atoms with Crippen LogP contribution < -0.4 is 10.6 Å². The Kier molecular flexibility index (Phi) is 6.56. The molecule has 120 valence electrons. The average molecular weight is 306 g/mol. The molecule has 1 rings (SSSR count). The van der Waals surface area contributed by atoms with Crippen LogP contribution in [0.1, 0.15) is 33.6 Å². The zero-order valence-corrected chi connectivity index (χ0v) is 13.1. The van der Waals surface area contributed by atoms with Gasteiger partial charge in [0.2, 0.25) is 11.8 Å². The zero-order chi connectivity index (χ0) is 16.7. The maximum absolute atomic E-state index is 12.3. The lowest BCUT2D eigenvalue weighted by atomic mass is 10.1. The normalized spacial score (nSPS) is 19.7. The fourth-order valence-corrected chi connectivity index (χ4v) is 2.01. The lowest BCUT2D eigenvalue weighted by Gasteiger charge is -2.22. The van der Waals surface area contributed by atoms with Gasteiger partial charge in [-0.25, -0.2) is 0 Å². The highest BCUT2D eigenvalue weighted by Crippen LogP contribution is 2.10. The van der Waals surface area contributed by atoms with E-state index in [0.29, 0.717) is 17.8 Å². The quantitative estimate of drug-likeness (QED) is 0.336. The molecule has 6 heteroatoms. The molecule has 1 aliphatic heterocycles. The second kappa shape index (κ2) is 8.17. The molecule has 2 N–H and O–H groups in total. The number of hydrogen-bond acceptors (Lipinski definition) is 4. The Morgan fingerprint density at radius 1 is 1.45 bits per heavy atom. The van der Waals surface area contributed by atoms with Gasteiger partial charge in [0, 0.05) is 12.0 Å². The first kappa shape index (κ1) is 17.7. The third-order valence-corrected chi connectivity index (χ3v) is 2.88. The van der Waals surface area contributed by atoms with Crippen molar-refractivity contribution in [1.29, 1.82) is 0 Å². The minimum Gasteiger partial charge on any atom is -0.496 e. The van der Waals surface area contributed by atoms with Gasteiger partial charge in [-0.1, -0.05) is 12.7 Å². The zero-order valence-electron chi connectivity index (χ0n) is 13.1. The smallest absolute Gasteiger partial charge is 0.252 e. The summed E-state index contributed by atoms with van der Waals surface area (Å²) in [5, 5.41) is 4.81. The van der Waals surface area contributed by atoms with E-state index in [2.05, 4.69) is 17.2 Å². The van der Waals surface area contributed by atoms with Crippen LogP contribution in [-0.4, -0.2) is 29.9 Å². The van der Waals surface area contributed by atoms with E-state index in [1.165, 1.54) is 12.2 Å². The van der Waals surface area contributed by atoms with Gasteiger partial charge in [0.25, 0.3) is 5.91 Å². The topological polar surface area (TPSA) is 84.5 Å². The first-order valence-corrected chi connectivity index (χ1v) is 7.15. The maximum Gasteiger partial charge on any atom is 0.252 e. The second-order valence-electron chi connectivity index (χ2n) is 5.26. The van der Waals surface area contributed by atoms with Crippen LogP contribution in [0.25, 0.3) is 0 Å². The summed E-state index contributed by atoms with van der Waals surface area (Å²) < 4.78 is 5.48. The van der Waals surface area contributed by atoms with Gasteiger partial charge in [0.05, 0.1) is 11.9 Å². The SMILES string of the molecule is C=C/C=C(\C=C(C)OC(C)C)C(=O)NC1CCC(=O)NC1=O. The van der Waals surface area contributed by atoms with Crippen molar-refractivity contribution in [3.63, 3.8) is 0 Å². The van der Waals surface area contributed by atoms with Crippen molar-refractivity contribution in [3.05, 3.63) is 36.1 Å². The Morgan fingerprint density at radius 2 is 2.14 bits per heavy atom. The standard InChI is InChI=1S/C16H22N2O4/c1-5-6-12(9-11(4)22-10(2)3)15(20)17-13-7-8-14(19)18-16(13)21/h5-6,9-10,13H,1,7-8H2,2-4H3,(H,17,20)(H,18,19,21)/b11-9?,12-6+. The lowest BCUT2D eigenvalue weighted by molar-refractivity contribution is -0.136. The number of nitrogens with one attached hydrogen (secondary N) is 2. The molecule has 1 fully saturated rings.